The number of fused-ring (bicyclic) bond motifs is 1. The Morgan fingerprint density at radius 1 is 1.18 bits per heavy atom. The number of amides is 1. The number of carbonyl (C=O) groups is 2. The fourth-order valence-electron chi connectivity index (χ4n) is 2.49. The van der Waals surface area contributed by atoms with Gasteiger partial charge < -0.3 is 19.5 Å². The Hall–Kier alpha value is -3.69. The van der Waals surface area contributed by atoms with E-state index in [1.54, 1.807) is 18.2 Å². The number of aryl methyl sites for hydroxylation is 1. The molecular weight excluding hydrogens is 375 g/mol. The van der Waals surface area contributed by atoms with Crippen LogP contribution < -0.4 is 14.8 Å². The lowest BCUT2D eigenvalue weighted by molar-refractivity contribution is -0.387. The van der Waals surface area contributed by atoms with Gasteiger partial charge in [-0.25, -0.2) is 0 Å². The lowest BCUT2D eigenvalue weighted by Crippen LogP contribution is -2.21. The number of ether oxygens (including phenoxy) is 3. The third-order valence-corrected chi connectivity index (χ3v) is 3.85. The second-order valence-corrected chi connectivity index (χ2v) is 5.82. The maximum Gasteiger partial charge on any atom is 0.306 e. The molecule has 3 rings (SSSR count). The highest BCUT2D eigenvalue weighted by atomic mass is 19.1. The third-order valence-electron chi connectivity index (χ3n) is 3.85. The number of nitrogens with zero attached hydrogens (tertiary/aromatic N) is 1. The van der Waals surface area contributed by atoms with Crippen LogP contribution in [0.2, 0.25) is 0 Å². The van der Waals surface area contributed by atoms with Crippen molar-refractivity contribution in [3.63, 3.8) is 0 Å². The fraction of sp³-hybridized carbons (Fsp3) is 0.222. The van der Waals surface area contributed by atoms with Crippen molar-refractivity contribution in [1.29, 1.82) is 0 Å². The van der Waals surface area contributed by atoms with E-state index < -0.39 is 34.9 Å². The molecule has 2 aromatic carbocycles. The van der Waals surface area contributed by atoms with Crippen LogP contribution in [0.25, 0.3) is 0 Å². The number of nitro groups is 1. The van der Waals surface area contributed by atoms with Gasteiger partial charge in [-0.15, -0.1) is 0 Å². The number of benzene rings is 2. The lowest BCUT2D eigenvalue weighted by atomic mass is 10.1. The number of esters is 1. The molecule has 10 heteroatoms. The Labute approximate surface area is 158 Å². The van der Waals surface area contributed by atoms with Crippen LogP contribution in [-0.4, -0.2) is 30.2 Å². The van der Waals surface area contributed by atoms with Crippen LogP contribution in [0.4, 0.5) is 15.8 Å². The minimum Gasteiger partial charge on any atom is -0.456 e. The van der Waals surface area contributed by atoms with Gasteiger partial charge in [-0.1, -0.05) is 6.07 Å². The van der Waals surface area contributed by atoms with Gasteiger partial charge in [0, 0.05) is 18.2 Å². The molecule has 9 nitrogen and oxygen atoms in total. The van der Waals surface area contributed by atoms with Crippen LogP contribution in [0.15, 0.2) is 36.4 Å². The van der Waals surface area contributed by atoms with Crippen molar-refractivity contribution in [3.05, 3.63) is 57.9 Å². The highest BCUT2D eigenvalue weighted by Gasteiger charge is 2.16. The molecule has 0 aromatic heterocycles. The molecule has 1 aliphatic rings. The Morgan fingerprint density at radius 3 is 2.75 bits per heavy atom. The molecule has 1 heterocycles. The maximum atomic E-state index is 13.3. The van der Waals surface area contributed by atoms with Gasteiger partial charge in [-0.2, -0.15) is 4.39 Å². The van der Waals surface area contributed by atoms with Gasteiger partial charge in [0.15, 0.2) is 18.1 Å². The summed E-state index contributed by atoms with van der Waals surface area (Å²) in [6.07, 6.45) is 0.441. The quantitative estimate of drug-likeness (QED) is 0.439. The number of hydrogen-bond acceptors (Lipinski definition) is 7. The molecule has 0 unspecified atom stereocenters. The van der Waals surface area contributed by atoms with Crippen molar-refractivity contribution in [3.8, 4) is 11.5 Å². The topological polar surface area (TPSA) is 117 Å². The summed E-state index contributed by atoms with van der Waals surface area (Å²) in [6, 6.07) is 8.23. The average Bonchev–Trinajstić information content (AvgIpc) is 3.14. The summed E-state index contributed by atoms with van der Waals surface area (Å²) in [5.74, 6) is -1.05. The molecular formula is C18H15FN2O7. The lowest BCUT2D eigenvalue weighted by Gasteiger charge is -2.07. The van der Waals surface area contributed by atoms with Crippen LogP contribution in [-0.2, 0) is 20.7 Å². The SMILES string of the molecule is O=C(COC(=O)CCc1ccc2c(c1)OCO2)Nc1ccc(F)c([N+](=O)[O-])c1. The minimum atomic E-state index is -1.02. The Balaban J connectivity index is 1.45. The van der Waals surface area contributed by atoms with Crippen LogP contribution in [0, 0.1) is 15.9 Å². The number of rotatable bonds is 7. The molecule has 1 N–H and O–H groups in total. The number of halogens is 1. The number of nitro benzene ring substituents is 1. The average molecular weight is 390 g/mol. The van der Waals surface area contributed by atoms with Crippen molar-refractivity contribution in [2.45, 2.75) is 12.8 Å². The largest absolute Gasteiger partial charge is 0.456 e. The first-order valence-electron chi connectivity index (χ1n) is 8.20. The molecule has 0 bridgehead atoms. The predicted molar refractivity (Wildman–Crippen MR) is 93.5 cm³/mol. The highest BCUT2D eigenvalue weighted by Crippen LogP contribution is 2.32. The maximum absolute atomic E-state index is 13.3. The van der Waals surface area contributed by atoms with Crippen LogP contribution in [0.3, 0.4) is 0 Å². The number of carbonyl (C=O) groups excluding carboxylic acids is 2. The van der Waals surface area contributed by atoms with E-state index in [4.69, 9.17) is 14.2 Å². The van der Waals surface area contributed by atoms with Crippen LogP contribution >= 0.6 is 0 Å². The number of hydrogen-bond donors (Lipinski definition) is 1. The first-order chi connectivity index (χ1) is 13.4. The molecule has 28 heavy (non-hydrogen) atoms. The molecule has 1 amide bonds. The third kappa shape index (κ3) is 4.72. The van der Waals surface area contributed by atoms with E-state index in [9.17, 15) is 24.1 Å². The van der Waals surface area contributed by atoms with Gasteiger partial charge in [0.1, 0.15) is 0 Å². The van der Waals surface area contributed by atoms with Crippen LogP contribution in [0.1, 0.15) is 12.0 Å². The van der Waals surface area contributed by atoms with Gasteiger partial charge in [-0.05, 0) is 36.2 Å². The van der Waals surface area contributed by atoms with Gasteiger partial charge >= 0.3 is 11.7 Å². The summed E-state index contributed by atoms with van der Waals surface area (Å²) in [7, 11) is 0. The molecule has 0 spiro atoms. The molecule has 0 saturated carbocycles. The van der Waals surface area contributed by atoms with Gasteiger partial charge in [0.05, 0.1) is 4.92 Å². The summed E-state index contributed by atoms with van der Waals surface area (Å²) < 4.78 is 28.6. The summed E-state index contributed by atoms with van der Waals surface area (Å²) >= 11 is 0. The van der Waals surface area contributed by atoms with Crippen molar-refractivity contribution in [2.75, 3.05) is 18.7 Å². The molecule has 0 saturated heterocycles. The van der Waals surface area contributed by atoms with Gasteiger partial charge in [0.2, 0.25) is 12.6 Å². The molecule has 1 aliphatic heterocycles. The highest BCUT2D eigenvalue weighted by molar-refractivity contribution is 5.93. The van der Waals surface area contributed by atoms with E-state index in [-0.39, 0.29) is 18.9 Å². The van der Waals surface area contributed by atoms with Crippen molar-refractivity contribution < 1.29 is 33.1 Å². The zero-order valence-corrected chi connectivity index (χ0v) is 14.5. The number of anilines is 1. The first-order valence-corrected chi connectivity index (χ1v) is 8.20. The summed E-state index contributed by atoms with van der Waals surface area (Å²) in [4.78, 5) is 33.4. The predicted octanol–water partition coefficient (Wildman–Crippen LogP) is 2.58. The summed E-state index contributed by atoms with van der Waals surface area (Å²) in [5.41, 5.74) is 0.109. The first kappa shape index (κ1) is 19.1. The van der Waals surface area contributed by atoms with Crippen molar-refractivity contribution >= 4 is 23.3 Å². The monoisotopic (exact) mass is 390 g/mol. The molecule has 0 fully saturated rings. The Morgan fingerprint density at radius 2 is 1.96 bits per heavy atom. The Bertz CT molecular complexity index is 932. The molecule has 2 aromatic rings. The molecule has 0 radical (unpaired) electrons. The standard InChI is InChI=1S/C18H15FN2O7/c19-13-4-3-12(8-14(13)21(24)25)20-17(22)9-26-18(23)6-2-11-1-5-15-16(7-11)28-10-27-15/h1,3-5,7-8H,2,6,9-10H2,(H,20,22). The van der Waals surface area contributed by atoms with Crippen molar-refractivity contribution in [2.24, 2.45) is 0 Å². The van der Waals surface area contributed by atoms with E-state index in [0.29, 0.717) is 17.9 Å². The summed E-state index contributed by atoms with van der Waals surface area (Å²) in [6.45, 7) is -0.404. The Kier molecular flexibility index (Phi) is 5.68. The zero-order chi connectivity index (χ0) is 20.1. The fourth-order valence-corrected chi connectivity index (χ4v) is 2.49. The van der Waals surface area contributed by atoms with E-state index in [0.717, 1.165) is 17.7 Å². The molecule has 146 valence electrons. The minimum absolute atomic E-state index is 0.0227. The molecule has 0 atom stereocenters. The van der Waals surface area contributed by atoms with Crippen molar-refractivity contribution in [1.82, 2.24) is 0 Å². The zero-order valence-electron chi connectivity index (χ0n) is 14.5. The van der Waals surface area contributed by atoms with E-state index in [2.05, 4.69) is 5.32 Å². The smallest absolute Gasteiger partial charge is 0.306 e. The summed E-state index contributed by atoms with van der Waals surface area (Å²) in [5, 5.41) is 13.0. The van der Waals surface area contributed by atoms with E-state index >= 15 is 0 Å². The second kappa shape index (κ2) is 8.33. The van der Waals surface area contributed by atoms with Gasteiger partial charge in [0.25, 0.3) is 5.91 Å². The van der Waals surface area contributed by atoms with E-state index in [1.807, 2.05) is 0 Å². The normalized spacial score (nSPS) is 11.8. The number of nitrogens with one attached hydrogen (secondary N) is 1. The van der Waals surface area contributed by atoms with E-state index in [1.165, 1.54) is 6.07 Å². The van der Waals surface area contributed by atoms with Crippen LogP contribution in [0.5, 0.6) is 11.5 Å². The molecule has 0 aliphatic carbocycles. The second-order valence-electron chi connectivity index (χ2n) is 5.82. The van der Waals surface area contributed by atoms with Gasteiger partial charge in [-0.3, -0.25) is 19.7 Å².